The normalized spacial score (nSPS) is 24.3. The fraction of sp³-hybridized carbons (Fsp3) is 0.625. The molecule has 1 amide bonds. The molecule has 1 atom stereocenters. The average Bonchev–Trinajstić information content (AvgIpc) is 2.52. The van der Waals surface area contributed by atoms with E-state index < -0.39 is 0 Å². The Morgan fingerprint density at radius 2 is 2.55 bits per heavy atom. The summed E-state index contributed by atoms with van der Waals surface area (Å²) in [7, 11) is 0. The van der Waals surface area contributed by atoms with Crippen molar-refractivity contribution in [3.63, 3.8) is 0 Å². The van der Waals surface area contributed by atoms with Gasteiger partial charge in [-0.2, -0.15) is 0 Å². The molecule has 2 N–H and O–H groups in total. The molecule has 11 heavy (non-hydrogen) atoms. The Morgan fingerprint density at radius 3 is 3.09 bits per heavy atom. The third kappa shape index (κ3) is 2.35. The Morgan fingerprint density at radius 1 is 1.73 bits per heavy atom. The maximum Gasteiger partial charge on any atom is 0.228 e. The van der Waals surface area contributed by atoms with Crippen molar-refractivity contribution in [3.05, 3.63) is 12.3 Å². The SMILES string of the molecule is C/C=C/NC(=O)C1CCNC1. The van der Waals surface area contributed by atoms with Crippen molar-refractivity contribution in [2.75, 3.05) is 13.1 Å². The molecule has 62 valence electrons. The third-order valence-electron chi connectivity index (χ3n) is 1.82. The first kappa shape index (κ1) is 8.27. The van der Waals surface area contributed by atoms with Gasteiger partial charge >= 0.3 is 0 Å². The van der Waals surface area contributed by atoms with Crippen molar-refractivity contribution in [1.29, 1.82) is 0 Å². The van der Waals surface area contributed by atoms with Gasteiger partial charge < -0.3 is 10.6 Å². The largest absolute Gasteiger partial charge is 0.333 e. The molecule has 0 aliphatic carbocycles. The van der Waals surface area contributed by atoms with Crippen LogP contribution in [0.2, 0.25) is 0 Å². The second kappa shape index (κ2) is 4.13. The smallest absolute Gasteiger partial charge is 0.228 e. The van der Waals surface area contributed by atoms with Gasteiger partial charge in [0.1, 0.15) is 0 Å². The van der Waals surface area contributed by atoms with Crippen LogP contribution in [0.1, 0.15) is 13.3 Å². The standard InChI is InChI=1S/C8H14N2O/c1-2-4-10-8(11)7-3-5-9-6-7/h2,4,7,9H,3,5-6H2,1H3,(H,10,11)/b4-2+. The van der Waals surface area contributed by atoms with Crippen molar-refractivity contribution < 1.29 is 4.79 Å². The van der Waals surface area contributed by atoms with E-state index in [0.29, 0.717) is 0 Å². The molecule has 0 bridgehead atoms. The van der Waals surface area contributed by atoms with E-state index in [0.717, 1.165) is 19.5 Å². The highest BCUT2D eigenvalue weighted by Gasteiger charge is 2.20. The molecule has 0 aromatic carbocycles. The average molecular weight is 154 g/mol. The van der Waals surface area contributed by atoms with E-state index >= 15 is 0 Å². The molecule has 1 fully saturated rings. The van der Waals surface area contributed by atoms with Crippen molar-refractivity contribution in [1.82, 2.24) is 10.6 Å². The summed E-state index contributed by atoms with van der Waals surface area (Å²) in [6, 6.07) is 0. The van der Waals surface area contributed by atoms with E-state index in [-0.39, 0.29) is 11.8 Å². The first-order valence-corrected chi connectivity index (χ1v) is 3.97. The van der Waals surface area contributed by atoms with Crippen LogP contribution in [0, 0.1) is 5.92 Å². The van der Waals surface area contributed by atoms with E-state index in [4.69, 9.17) is 0 Å². The quantitative estimate of drug-likeness (QED) is 0.598. The van der Waals surface area contributed by atoms with Crippen LogP contribution in [-0.2, 0) is 4.79 Å². The van der Waals surface area contributed by atoms with Gasteiger partial charge in [-0.3, -0.25) is 4.79 Å². The second-order valence-corrected chi connectivity index (χ2v) is 2.70. The Kier molecular flexibility index (Phi) is 3.11. The van der Waals surface area contributed by atoms with Crippen LogP contribution in [0.4, 0.5) is 0 Å². The zero-order valence-corrected chi connectivity index (χ0v) is 6.76. The number of hydrogen-bond acceptors (Lipinski definition) is 2. The van der Waals surface area contributed by atoms with Crippen molar-refractivity contribution in [2.45, 2.75) is 13.3 Å². The summed E-state index contributed by atoms with van der Waals surface area (Å²) < 4.78 is 0. The number of allylic oxidation sites excluding steroid dienone is 1. The molecule has 0 saturated carbocycles. The number of nitrogens with one attached hydrogen (secondary N) is 2. The number of carbonyl (C=O) groups excluding carboxylic acids is 1. The van der Waals surface area contributed by atoms with Crippen molar-refractivity contribution in [3.8, 4) is 0 Å². The molecular weight excluding hydrogens is 140 g/mol. The van der Waals surface area contributed by atoms with Crippen molar-refractivity contribution >= 4 is 5.91 Å². The first-order valence-electron chi connectivity index (χ1n) is 3.97. The zero-order valence-electron chi connectivity index (χ0n) is 6.76. The minimum Gasteiger partial charge on any atom is -0.333 e. The van der Waals surface area contributed by atoms with Crippen LogP contribution in [0.5, 0.6) is 0 Å². The number of hydrogen-bond donors (Lipinski definition) is 2. The van der Waals surface area contributed by atoms with Crippen LogP contribution >= 0.6 is 0 Å². The molecule has 1 aliphatic rings. The zero-order chi connectivity index (χ0) is 8.10. The molecule has 1 heterocycles. The van der Waals surface area contributed by atoms with Crippen LogP contribution < -0.4 is 10.6 Å². The van der Waals surface area contributed by atoms with Gasteiger partial charge in [-0.05, 0) is 26.1 Å². The molecule has 0 radical (unpaired) electrons. The molecule has 0 spiro atoms. The fourth-order valence-corrected chi connectivity index (χ4v) is 1.16. The van der Waals surface area contributed by atoms with Gasteiger partial charge in [0.15, 0.2) is 0 Å². The van der Waals surface area contributed by atoms with Gasteiger partial charge in [0.05, 0.1) is 5.92 Å². The summed E-state index contributed by atoms with van der Waals surface area (Å²) in [6.45, 7) is 3.67. The lowest BCUT2D eigenvalue weighted by molar-refractivity contribution is -0.123. The van der Waals surface area contributed by atoms with Gasteiger partial charge in [-0.15, -0.1) is 0 Å². The molecule has 0 aromatic rings. The molecule has 1 saturated heterocycles. The van der Waals surface area contributed by atoms with Gasteiger partial charge in [-0.1, -0.05) is 6.08 Å². The Labute approximate surface area is 66.9 Å². The lowest BCUT2D eigenvalue weighted by Gasteiger charge is -2.04. The summed E-state index contributed by atoms with van der Waals surface area (Å²) in [5.74, 6) is 0.305. The molecule has 3 nitrogen and oxygen atoms in total. The summed E-state index contributed by atoms with van der Waals surface area (Å²) >= 11 is 0. The topological polar surface area (TPSA) is 41.1 Å². The summed E-state index contributed by atoms with van der Waals surface area (Å²) in [5.41, 5.74) is 0. The van der Waals surface area contributed by atoms with Gasteiger partial charge in [-0.25, -0.2) is 0 Å². The second-order valence-electron chi connectivity index (χ2n) is 2.70. The first-order chi connectivity index (χ1) is 5.34. The Balaban J connectivity index is 2.28. The van der Waals surface area contributed by atoms with E-state index in [1.165, 1.54) is 0 Å². The minimum atomic E-state index is 0.133. The highest BCUT2D eigenvalue weighted by Crippen LogP contribution is 2.06. The summed E-state index contributed by atoms with van der Waals surface area (Å²) in [5, 5.41) is 5.86. The Bertz CT molecular complexity index is 159. The highest BCUT2D eigenvalue weighted by atomic mass is 16.1. The molecular formula is C8H14N2O. The van der Waals surface area contributed by atoms with E-state index in [2.05, 4.69) is 10.6 Å². The number of carbonyl (C=O) groups is 1. The van der Waals surface area contributed by atoms with Crippen LogP contribution in [0.3, 0.4) is 0 Å². The number of amides is 1. The maximum atomic E-state index is 11.2. The summed E-state index contributed by atoms with van der Waals surface area (Å²) in [6.07, 6.45) is 4.46. The Hall–Kier alpha value is -0.830. The van der Waals surface area contributed by atoms with E-state index in [1.54, 1.807) is 6.20 Å². The molecule has 3 heteroatoms. The highest BCUT2D eigenvalue weighted by molar-refractivity contribution is 5.80. The molecule has 1 aliphatic heterocycles. The monoisotopic (exact) mass is 154 g/mol. The number of rotatable bonds is 2. The predicted octanol–water partition coefficient (Wildman–Crippen LogP) is 0.246. The maximum absolute atomic E-state index is 11.2. The third-order valence-corrected chi connectivity index (χ3v) is 1.82. The van der Waals surface area contributed by atoms with Crippen molar-refractivity contribution in [2.24, 2.45) is 5.92 Å². The van der Waals surface area contributed by atoms with E-state index in [9.17, 15) is 4.79 Å². The summed E-state index contributed by atoms with van der Waals surface area (Å²) in [4.78, 5) is 11.2. The lowest BCUT2D eigenvalue weighted by Crippen LogP contribution is -2.27. The van der Waals surface area contributed by atoms with Gasteiger partial charge in [0.2, 0.25) is 5.91 Å². The van der Waals surface area contributed by atoms with Crippen LogP contribution in [0.25, 0.3) is 0 Å². The fourth-order valence-electron chi connectivity index (χ4n) is 1.16. The molecule has 0 aromatic heterocycles. The molecule has 1 unspecified atom stereocenters. The lowest BCUT2D eigenvalue weighted by atomic mass is 10.1. The van der Waals surface area contributed by atoms with Crippen LogP contribution in [0.15, 0.2) is 12.3 Å². The molecule has 1 rings (SSSR count). The predicted molar refractivity (Wildman–Crippen MR) is 43.9 cm³/mol. The van der Waals surface area contributed by atoms with Crippen LogP contribution in [-0.4, -0.2) is 19.0 Å². The van der Waals surface area contributed by atoms with E-state index in [1.807, 2.05) is 13.0 Å². The van der Waals surface area contributed by atoms with Gasteiger partial charge in [0.25, 0.3) is 0 Å². The van der Waals surface area contributed by atoms with Gasteiger partial charge in [0, 0.05) is 6.54 Å². The minimum absolute atomic E-state index is 0.133.